The van der Waals surface area contributed by atoms with Gasteiger partial charge in [0.15, 0.2) is 0 Å². The van der Waals surface area contributed by atoms with Crippen molar-refractivity contribution in [2.24, 2.45) is 0 Å². The largest absolute Gasteiger partial charge is 0.368 e. The summed E-state index contributed by atoms with van der Waals surface area (Å²) in [4.78, 5) is 35.2. The van der Waals surface area contributed by atoms with Gasteiger partial charge in [0.1, 0.15) is 18.0 Å². The van der Waals surface area contributed by atoms with Gasteiger partial charge in [-0.3, -0.25) is 25.8 Å². The average molecular weight is 455 g/mol. The van der Waals surface area contributed by atoms with Crippen molar-refractivity contribution in [2.75, 3.05) is 41.4 Å². The number of nitrogens with zero attached hydrogens (tertiary/aromatic N) is 5. The lowest BCUT2D eigenvalue weighted by atomic mass is 10.2. The molecule has 0 unspecified atom stereocenters. The summed E-state index contributed by atoms with van der Waals surface area (Å²) in [5.74, 6) is -1.48. The normalized spacial score (nSPS) is 13.5. The SMILES string of the molecule is O=C(NNc1ncnc(N2CCN(c3ccc(F)cc3)CC2)c1[N+](=O)[O-])c1ccc(F)cc1. The number of hydrogen-bond acceptors (Lipinski definition) is 8. The molecule has 0 aliphatic carbocycles. The molecule has 2 heterocycles. The van der Waals surface area contributed by atoms with Gasteiger partial charge in [-0.25, -0.2) is 18.7 Å². The number of amides is 1. The van der Waals surface area contributed by atoms with E-state index < -0.39 is 16.6 Å². The maximum Gasteiger partial charge on any atom is 0.355 e. The Labute approximate surface area is 187 Å². The van der Waals surface area contributed by atoms with E-state index in [2.05, 4.69) is 20.8 Å². The minimum absolute atomic E-state index is 0.118. The van der Waals surface area contributed by atoms with Crippen molar-refractivity contribution in [1.82, 2.24) is 15.4 Å². The van der Waals surface area contributed by atoms with Crippen LogP contribution in [0.3, 0.4) is 0 Å². The first-order valence-corrected chi connectivity index (χ1v) is 9.99. The summed E-state index contributed by atoms with van der Waals surface area (Å²) >= 11 is 0. The van der Waals surface area contributed by atoms with Crippen molar-refractivity contribution >= 4 is 28.9 Å². The molecule has 12 heteroatoms. The number of hydrazine groups is 1. The Morgan fingerprint density at radius 1 is 0.909 bits per heavy atom. The third-order valence-corrected chi connectivity index (χ3v) is 5.16. The number of rotatable bonds is 6. The van der Waals surface area contributed by atoms with Crippen LogP contribution < -0.4 is 20.7 Å². The van der Waals surface area contributed by atoms with Gasteiger partial charge in [0, 0.05) is 37.4 Å². The van der Waals surface area contributed by atoms with E-state index in [-0.39, 0.29) is 28.7 Å². The second-order valence-electron chi connectivity index (χ2n) is 7.19. The number of halogens is 2. The highest BCUT2D eigenvalue weighted by atomic mass is 19.1. The first-order valence-electron chi connectivity index (χ1n) is 9.99. The Hall–Kier alpha value is -4.35. The van der Waals surface area contributed by atoms with E-state index in [9.17, 15) is 23.7 Å². The van der Waals surface area contributed by atoms with Gasteiger partial charge < -0.3 is 9.80 Å². The summed E-state index contributed by atoms with van der Waals surface area (Å²) in [6.07, 6.45) is 1.17. The lowest BCUT2D eigenvalue weighted by molar-refractivity contribution is -0.383. The summed E-state index contributed by atoms with van der Waals surface area (Å²) in [5, 5.41) is 11.8. The molecule has 0 spiro atoms. The molecular formula is C21H19F2N7O3. The zero-order valence-electron chi connectivity index (χ0n) is 17.2. The molecule has 33 heavy (non-hydrogen) atoms. The van der Waals surface area contributed by atoms with Crippen molar-refractivity contribution in [3.8, 4) is 0 Å². The minimum Gasteiger partial charge on any atom is -0.368 e. The fourth-order valence-electron chi connectivity index (χ4n) is 3.48. The summed E-state index contributed by atoms with van der Waals surface area (Å²) in [5.41, 5.74) is 5.44. The molecule has 2 N–H and O–H groups in total. The Morgan fingerprint density at radius 2 is 1.48 bits per heavy atom. The summed E-state index contributed by atoms with van der Waals surface area (Å²) < 4.78 is 26.2. The standard InChI is InChI=1S/C21H19F2N7O3/c22-15-3-1-14(2-4-15)21(31)27-26-19-18(30(32)33)20(25-13-24-19)29-11-9-28(10-12-29)17-7-5-16(23)6-8-17/h1-8,13H,9-12H2,(H,27,31)(H,24,25,26). The number of benzene rings is 2. The molecule has 1 aliphatic rings. The Kier molecular flexibility index (Phi) is 6.24. The van der Waals surface area contributed by atoms with E-state index in [1.807, 2.05) is 4.90 Å². The number of aromatic nitrogens is 2. The van der Waals surface area contributed by atoms with Gasteiger partial charge in [-0.1, -0.05) is 0 Å². The number of hydrogen-bond donors (Lipinski definition) is 2. The highest BCUT2D eigenvalue weighted by Gasteiger charge is 2.29. The second kappa shape index (κ2) is 9.42. The van der Waals surface area contributed by atoms with Gasteiger partial charge in [0.2, 0.25) is 11.6 Å². The van der Waals surface area contributed by atoms with Gasteiger partial charge in [0.25, 0.3) is 5.91 Å². The molecule has 0 bridgehead atoms. The van der Waals surface area contributed by atoms with E-state index in [1.54, 1.807) is 17.0 Å². The van der Waals surface area contributed by atoms with Crippen LogP contribution in [0.2, 0.25) is 0 Å². The summed E-state index contributed by atoms with van der Waals surface area (Å²) in [7, 11) is 0. The van der Waals surface area contributed by atoms with Crippen molar-refractivity contribution < 1.29 is 18.5 Å². The maximum absolute atomic E-state index is 13.2. The molecule has 2 aromatic carbocycles. The molecule has 170 valence electrons. The third-order valence-electron chi connectivity index (χ3n) is 5.16. The molecule has 4 rings (SSSR count). The molecule has 1 aromatic heterocycles. The number of carbonyl (C=O) groups excluding carboxylic acids is 1. The maximum atomic E-state index is 13.2. The van der Waals surface area contributed by atoms with Crippen molar-refractivity contribution in [3.63, 3.8) is 0 Å². The van der Waals surface area contributed by atoms with E-state index >= 15 is 0 Å². The number of piperazine rings is 1. The first-order chi connectivity index (χ1) is 15.9. The predicted octanol–water partition coefficient (Wildman–Crippen LogP) is 2.75. The Balaban J connectivity index is 1.47. The van der Waals surface area contributed by atoms with Crippen LogP contribution in [0.15, 0.2) is 54.9 Å². The average Bonchev–Trinajstić information content (AvgIpc) is 2.83. The van der Waals surface area contributed by atoms with Crippen LogP contribution in [0.1, 0.15) is 10.4 Å². The van der Waals surface area contributed by atoms with Crippen molar-refractivity contribution in [2.45, 2.75) is 0 Å². The third kappa shape index (κ3) is 4.95. The zero-order chi connectivity index (χ0) is 23.4. The molecular weight excluding hydrogens is 436 g/mol. The van der Waals surface area contributed by atoms with Gasteiger partial charge in [0.05, 0.1) is 4.92 Å². The highest BCUT2D eigenvalue weighted by molar-refractivity contribution is 5.95. The van der Waals surface area contributed by atoms with Gasteiger partial charge >= 0.3 is 5.69 Å². The molecule has 0 saturated carbocycles. The molecule has 0 atom stereocenters. The highest BCUT2D eigenvalue weighted by Crippen LogP contribution is 2.32. The lowest BCUT2D eigenvalue weighted by Gasteiger charge is -2.36. The van der Waals surface area contributed by atoms with Crippen LogP contribution in [0.25, 0.3) is 0 Å². The fraction of sp³-hybridized carbons (Fsp3) is 0.190. The summed E-state index contributed by atoms with van der Waals surface area (Å²) in [6, 6.07) is 11.0. The van der Waals surface area contributed by atoms with Crippen LogP contribution in [-0.4, -0.2) is 47.0 Å². The smallest absolute Gasteiger partial charge is 0.355 e. The molecule has 1 fully saturated rings. The Morgan fingerprint density at radius 3 is 2.09 bits per heavy atom. The number of nitro groups is 1. The minimum atomic E-state index is -0.617. The molecule has 0 radical (unpaired) electrons. The number of nitrogens with one attached hydrogen (secondary N) is 2. The van der Waals surface area contributed by atoms with Gasteiger partial charge in [-0.15, -0.1) is 0 Å². The van der Waals surface area contributed by atoms with Crippen molar-refractivity contribution in [1.29, 1.82) is 0 Å². The van der Waals surface area contributed by atoms with E-state index in [4.69, 9.17) is 0 Å². The first kappa shape index (κ1) is 21.9. The zero-order valence-corrected chi connectivity index (χ0v) is 17.2. The molecule has 1 amide bonds. The van der Waals surface area contributed by atoms with E-state index in [1.165, 1.54) is 30.6 Å². The van der Waals surface area contributed by atoms with Crippen molar-refractivity contribution in [3.05, 3.63) is 82.2 Å². The van der Waals surface area contributed by atoms with Crippen LogP contribution in [-0.2, 0) is 0 Å². The molecule has 1 aliphatic heterocycles. The molecule has 10 nitrogen and oxygen atoms in total. The van der Waals surface area contributed by atoms with Crippen LogP contribution in [0.4, 0.5) is 31.8 Å². The summed E-state index contributed by atoms with van der Waals surface area (Å²) in [6.45, 7) is 1.99. The number of anilines is 3. The predicted molar refractivity (Wildman–Crippen MR) is 117 cm³/mol. The van der Waals surface area contributed by atoms with Crippen LogP contribution in [0.5, 0.6) is 0 Å². The lowest BCUT2D eigenvalue weighted by Crippen LogP contribution is -2.47. The van der Waals surface area contributed by atoms with E-state index in [0.29, 0.717) is 26.2 Å². The van der Waals surface area contributed by atoms with Gasteiger partial charge in [-0.05, 0) is 48.5 Å². The molecule has 1 saturated heterocycles. The quantitative estimate of drug-likeness (QED) is 0.431. The number of carbonyl (C=O) groups is 1. The molecule has 3 aromatic rings. The van der Waals surface area contributed by atoms with Crippen LogP contribution >= 0.6 is 0 Å². The Bertz CT molecular complexity index is 1150. The monoisotopic (exact) mass is 455 g/mol. The topological polar surface area (TPSA) is 117 Å². The van der Waals surface area contributed by atoms with E-state index in [0.717, 1.165) is 17.8 Å². The second-order valence-corrected chi connectivity index (χ2v) is 7.19. The van der Waals surface area contributed by atoms with Crippen LogP contribution in [0, 0.1) is 21.7 Å². The fourth-order valence-corrected chi connectivity index (χ4v) is 3.48. The van der Waals surface area contributed by atoms with Gasteiger partial charge in [-0.2, -0.15) is 0 Å².